The minimum atomic E-state index is -1.01. The SMILES string of the molecule is O=C(O)/C=C/c1cccc(NC(=O)Cc2ccccc2)c1. The average Bonchev–Trinajstić information content (AvgIpc) is 2.46. The van der Waals surface area contributed by atoms with Crippen molar-refractivity contribution in [1.82, 2.24) is 0 Å². The van der Waals surface area contributed by atoms with Gasteiger partial charge in [-0.1, -0.05) is 42.5 Å². The molecule has 0 aliphatic heterocycles. The van der Waals surface area contributed by atoms with E-state index in [1.165, 1.54) is 6.08 Å². The van der Waals surface area contributed by atoms with Gasteiger partial charge in [0, 0.05) is 11.8 Å². The molecule has 4 heteroatoms. The Morgan fingerprint density at radius 2 is 1.81 bits per heavy atom. The largest absolute Gasteiger partial charge is 0.478 e. The maximum atomic E-state index is 11.9. The number of amides is 1. The molecule has 0 bridgehead atoms. The summed E-state index contributed by atoms with van der Waals surface area (Å²) in [6.45, 7) is 0. The van der Waals surface area contributed by atoms with E-state index in [1.54, 1.807) is 24.3 Å². The van der Waals surface area contributed by atoms with Crippen LogP contribution in [0.5, 0.6) is 0 Å². The van der Waals surface area contributed by atoms with E-state index in [2.05, 4.69) is 5.32 Å². The van der Waals surface area contributed by atoms with Crippen molar-refractivity contribution >= 4 is 23.6 Å². The second kappa shape index (κ2) is 7.05. The minimum absolute atomic E-state index is 0.111. The van der Waals surface area contributed by atoms with Crippen LogP contribution in [-0.2, 0) is 16.0 Å². The van der Waals surface area contributed by atoms with E-state index in [4.69, 9.17) is 5.11 Å². The topological polar surface area (TPSA) is 66.4 Å². The van der Waals surface area contributed by atoms with Crippen LogP contribution < -0.4 is 5.32 Å². The van der Waals surface area contributed by atoms with Crippen molar-refractivity contribution in [3.63, 3.8) is 0 Å². The van der Waals surface area contributed by atoms with Crippen LogP contribution in [0.3, 0.4) is 0 Å². The Morgan fingerprint density at radius 3 is 2.52 bits per heavy atom. The number of aliphatic carboxylic acids is 1. The van der Waals surface area contributed by atoms with E-state index >= 15 is 0 Å². The Balaban J connectivity index is 2.01. The van der Waals surface area contributed by atoms with Crippen LogP contribution >= 0.6 is 0 Å². The maximum Gasteiger partial charge on any atom is 0.328 e. The van der Waals surface area contributed by atoms with Gasteiger partial charge >= 0.3 is 5.97 Å². The van der Waals surface area contributed by atoms with Crippen molar-refractivity contribution in [2.45, 2.75) is 6.42 Å². The molecule has 2 rings (SSSR count). The van der Waals surface area contributed by atoms with Gasteiger partial charge in [-0.2, -0.15) is 0 Å². The minimum Gasteiger partial charge on any atom is -0.478 e. The van der Waals surface area contributed by atoms with E-state index in [-0.39, 0.29) is 5.91 Å². The molecule has 0 radical (unpaired) electrons. The lowest BCUT2D eigenvalue weighted by atomic mass is 10.1. The standard InChI is InChI=1S/C17H15NO3/c19-16(12-13-5-2-1-3-6-13)18-15-8-4-7-14(11-15)9-10-17(20)21/h1-11H,12H2,(H,18,19)(H,20,21)/b10-9+. The van der Waals surface area contributed by atoms with Gasteiger partial charge in [-0.05, 0) is 29.3 Å². The van der Waals surface area contributed by atoms with Crippen LogP contribution in [0.4, 0.5) is 5.69 Å². The number of carbonyl (C=O) groups is 2. The monoisotopic (exact) mass is 281 g/mol. The lowest BCUT2D eigenvalue weighted by Crippen LogP contribution is -2.14. The summed E-state index contributed by atoms with van der Waals surface area (Å²) in [4.78, 5) is 22.4. The number of nitrogens with one attached hydrogen (secondary N) is 1. The molecule has 21 heavy (non-hydrogen) atoms. The van der Waals surface area contributed by atoms with Crippen molar-refractivity contribution in [3.8, 4) is 0 Å². The molecule has 2 aromatic rings. The highest BCUT2D eigenvalue weighted by Gasteiger charge is 2.04. The molecule has 0 fully saturated rings. The van der Waals surface area contributed by atoms with Gasteiger partial charge in [0.25, 0.3) is 0 Å². The summed E-state index contributed by atoms with van der Waals surface area (Å²) in [5, 5.41) is 11.4. The van der Waals surface area contributed by atoms with Crippen molar-refractivity contribution < 1.29 is 14.7 Å². The van der Waals surface area contributed by atoms with Gasteiger partial charge in [-0.3, -0.25) is 4.79 Å². The maximum absolute atomic E-state index is 11.9. The van der Waals surface area contributed by atoms with Crippen molar-refractivity contribution in [3.05, 3.63) is 71.8 Å². The van der Waals surface area contributed by atoms with Gasteiger partial charge in [0.15, 0.2) is 0 Å². The molecule has 4 nitrogen and oxygen atoms in total. The predicted octanol–water partition coefficient (Wildman–Crippen LogP) is 2.97. The molecular formula is C17H15NO3. The fourth-order valence-electron chi connectivity index (χ4n) is 1.87. The first-order chi connectivity index (χ1) is 10.1. The Bertz CT molecular complexity index is 663. The number of carbonyl (C=O) groups excluding carboxylic acids is 1. The van der Waals surface area contributed by atoms with Crippen LogP contribution in [0.2, 0.25) is 0 Å². The summed E-state index contributed by atoms with van der Waals surface area (Å²) in [5.41, 5.74) is 2.30. The summed E-state index contributed by atoms with van der Waals surface area (Å²) >= 11 is 0. The number of benzene rings is 2. The van der Waals surface area contributed by atoms with Crippen LogP contribution in [0.1, 0.15) is 11.1 Å². The number of anilines is 1. The average molecular weight is 281 g/mol. The second-order valence-electron chi connectivity index (χ2n) is 4.51. The summed E-state index contributed by atoms with van der Waals surface area (Å²) < 4.78 is 0. The van der Waals surface area contributed by atoms with Crippen molar-refractivity contribution in [1.29, 1.82) is 0 Å². The van der Waals surface area contributed by atoms with E-state index in [0.29, 0.717) is 12.1 Å². The van der Waals surface area contributed by atoms with Gasteiger partial charge in [0.1, 0.15) is 0 Å². The molecule has 0 aliphatic rings. The Kier molecular flexibility index (Phi) is 4.88. The molecule has 0 saturated heterocycles. The van der Waals surface area contributed by atoms with Crippen LogP contribution in [0, 0.1) is 0 Å². The lowest BCUT2D eigenvalue weighted by Gasteiger charge is -2.06. The highest BCUT2D eigenvalue weighted by molar-refractivity contribution is 5.92. The van der Waals surface area contributed by atoms with Crippen LogP contribution in [0.15, 0.2) is 60.7 Å². The number of carboxylic acids is 1. The zero-order chi connectivity index (χ0) is 15.1. The normalized spacial score (nSPS) is 10.5. The fraction of sp³-hybridized carbons (Fsp3) is 0.0588. The molecule has 1 amide bonds. The summed E-state index contributed by atoms with van der Waals surface area (Å²) in [6.07, 6.45) is 2.84. The number of carboxylic acid groups (broad SMARTS) is 1. The Labute approximate surface area is 122 Å². The van der Waals surface area contributed by atoms with Gasteiger partial charge < -0.3 is 10.4 Å². The number of rotatable bonds is 5. The zero-order valence-corrected chi connectivity index (χ0v) is 11.3. The number of hydrogen-bond donors (Lipinski definition) is 2. The van der Waals surface area contributed by atoms with E-state index in [1.807, 2.05) is 30.3 Å². The fourth-order valence-corrected chi connectivity index (χ4v) is 1.87. The lowest BCUT2D eigenvalue weighted by molar-refractivity contribution is -0.131. The molecule has 106 valence electrons. The summed E-state index contributed by atoms with van der Waals surface area (Å²) in [7, 11) is 0. The van der Waals surface area contributed by atoms with Gasteiger partial charge in [-0.25, -0.2) is 4.79 Å². The number of hydrogen-bond acceptors (Lipinski definition) is 2. The molecule has 0 heterocycles. The van der Waals surface area contributed by atoms with Crippen LogP contribution in [-0.4, -0.2) is 17.0 Å². The molecule has 0 aromatic heterocycles. The Hall–Kier alpha value is -2.88. The molecular weight excluding hydrogens is 266 g/mol. The molecule has 0 saturated carbocycles. The van der Waals surface area contributed by atoms with Crippen molar-refractivity contribution in [2.24, 2.45) is 0 Å². The first-order valence-corrected chi connectivity index (χ1v) is 6.48. The predicted molar refractivity (Wildman–Crippen MR) is 81.9 cm³/mol. The molecule has 0 unspecified atom stereocenters. The van der Waals surface area contributed by atoms with Gasteiger partial charge in [0.05, 0.1) is 6.42 Å². The Morgan fingerprint density at radius 1 is 1.05 bits per heavy atom. The molecule has 2 N–H and O–H groups in total. The zero-order valence-electron chi connectivity index (χ0n) is 11.3. The smallest absolute Gasteiger partial charge is 0.328 e. The second-order valence-corrected chi connectivity index (χ2v) is 4.51. The van der Waals surface area contributed by atoms with Crippen LogP contribution in [0.25, 0.3) is 6.08 Å². The first kappa shape index (κ1) is 14.5. The van der Waals surface area contributed by atoms with E-state index < -0.39 is 5.97 Å². The van der Waals surface area contributed by atoms with E-state index in [0.717, 1.165) is 17.2 Å². The summed E-state index contributed by atoms with van der Waals surface area (Å²) in [6, 6.07) is 16.5. The van der Waals surface area contributed by atoms with E-state index in [9.17, 15) is 9.59 Å². The highest BCUT2D eigenvalue weighted by atomic mass is 16.4. The first-order valence-electron chi connectivity index (χ1n) is 6.48. The third-order valence-electron chi connectivity index (χ3n) is 2.80. The molecule has 2 aromatic carbocycles. The quantitative estimate of drug-likeness (QED) is 0.828. The molecule has 0 aliphatic carbocycles. The molecule has 0 spiro atoms. The third-order valence-corrected chi connectivity index (χ3v) is 2.80. The van der Waals surface area contributed by atoms with Gasteiger partial charge in [-0.15, -0.1) is 0 Å². The summed E-state index contributed by atoms with van der Waals surface area (Å²) in [5.74, 6) is -1.12. The molecule has 0 atom stereocenters. The van der Waals surface area contributed by atoms with Crippen molar-refractivity contribution in [2.75, 3.05) is 5.32 Å². The highest BCUT2D eigenvalue weighted by Crippen LogP contribution is 2.12. The third kappa shape index (κ3) is 4.95. The van der Waals surface area contributed by atoms with Gasteiger partial charge in [0.2, 0.25) is 5.91 Å².